The van der Waals surface area contributed by atoms with Gasteiger partial charge in [0.1, 0.15) is 6.10 Å². The van der Waals surface area contributed by atoms with Crippen molar-refractivity contribution in [3.63, 3.8) is 0 Å². The summed E-state index contributed by atoms with van der Waals surface area (Å²) in [6.45, 7) is 5.38. The first-order valence-electron chi connectivity index (χ1n) is 17.6. The zero-order valence-corrected chi connectivity index (χ0v) is 26.7. The summed E-state index contributed by atoms with van der Waals surface area (Å²) in [5.74, 6) is -0.197. The van der Waals surface area contributed by atoms with Crippen molar-refractivity contribution in [3.05, 3.63) is 0 Å². The standard InChI is InChI=1S/C35H70O4/c1-3-5-7-9-11-13-15-17-19-21-23-25-27-29-31-38-33-34(32-36)39-35(37)30-28-26-24-22-20-18-16-14-12-10-8-6-4-2/h34,36H,3-33H2,1-2H3. The quantitative estimate of drug-likeness (QED) is 0.0647. The van der Waals surface area contributed by atoms with Gasteiger partial charge in [0.15, 0.2) is 0 Å². The van der Waals surface area contributed by atoms with Crippen molar-refractivity contribution >= 4 is 5.97 Å². The van der Waals surface area contributed by atoms with Crippen LogP contribution in [0.1, 0.15) is 194 Å². The largest absolute Gasteiger partial charge is 0.457 e. The van der Waals surface area contributed by atoms with Crippen LogP contribution >= 0.6 is 0 Å². The van der Waals surface area contributed by atoms with Gasteiger partial charge in [-0.15, -0.1) is 0 Å². The molecule has 1 unspecified atom stereocenters. The Balaban J connectivity index is 3.39. The maximum atomic E-state index is 12.1. The summed E-state index contributed by atoms with van der Waals surface area (Å²) in [5.41, 5.74) is 0. The molecule has 1 N–H and O–H groups in total. The molecule has 39 heavy (non-hydrogen) atoms. The summed E-state index contributed by atoms with van der Waals surface area (Å²) >= 11 is 0. The van der Waals surface area contributed by atoms with Crippen LogP contribution in [0.15, 0.2) is 0 Å². The Labute approximate surface area is 244 Å². The molecule has 0 saturated carbocycles. The minimum atomic E-state index is -0.522. The molecule has 0 aromatic heterocycles. The zero-order valence-electron chi connectivity index (χ0n) is 26.7. The van der Waals surface area contributed by atoms with E-state index in [1.54, 1.807) is 0 Å². The third-order valence-corrected chi connectivity index (χ3v) is 7.93. The van der Waals surface area contributed by atoms with Gasteiger partial charge in [0, 0.05) is 13.0 Å². The SMILES string of the molecule is CCCCCCCCCCCCCCCCOCC(CO)OC(=O)CCCCCCCCCCCCCCC. The van der Waals surface area contributed by atoms with Gasteiger partial charge in [-0.05, 0) is 12.8 Å². The second-order valence-electron chi connectivity index (χ2n) is 12.0. The minimum absolute atomic E-state index is 0.164. The Kier molecular flexibility index (Phi) is 33.1. The molecule has 0 rings (SSSR count). The van der Waals surface area contributed by atoms with Gasteiger partial charge in [0.25, 0.3) is 0 Å². The highest BCUT2D eigenvalue weighted by Gasteiger charge is 2.13. The van der Waals surface area contributed by atoms with Gasteiger partial charge in [0.2, 0.25) is 0 Å². The number of esters is 1. The maximum Gasteiger partial charge on any atom is 0.306 e. The van der Waals surface area contributed by atoms with E-state index < -0.39 is 6.10 Å². The van der Waals surface area contributed by atoms with Crippen LogP contribution in [0.2, 0.25) is 0 Å². The Morgan fingerprint density at radius 2 is 0.846 bits per heavy atom. The molecule has 1 atom stereocenters. The molecule has 0 radical (unpaired) electrons. The van der Waals surface area contributed by atoms with Crippen LogP contribution in [0.4, 0.5) is 0 Å². The van der Waals surface area contributed by atoms with E-state index in [9.17, 15) is 9.90 Å². The predicted molar refractivity (Wildman–Crippen MR) is 168 cm³/mol. The van der Waals surface area contributed by atoms with E-state index in [-0.39, 0.29) is 12.6 Å². The predicted octanol–water partition coefficient (Wildman–Crippen LogP) is 10.9. The van der Waals surface area contributed by atoms with E-state index >= 15 is 0 Å². The molecule has 0 heterocycles. The Morgan fingerprint density at radius 3 is 1.21 bits per heavy atom. The molecule has 0 aromatic carbocycles. The van der Waals surface area contributed by atoms with Crippen molar-refractivity contribution in [2.45, 2.75) is 200 Å². The third-order valence-electron chi connectivity index (χ3n) is 7.93. The molecule has 4 nitrogen and oxygen atoms in total. The Hall–Kier alpha value is -0.610. The molecule has 0 aliphatic heterocycles. The average Bonchev–Trinajstić information content (AvgIpc) is 2.94. The summed E-state index contributed by atoms with van der Waals surface area (Å²) in [6, 6.07) is 0. The molecule has 0 saturated heterocycles. The van der Waals surface area contributed by atoms with Gasteiger partial charge in [0.05, 0.1) is 13.2 Å². The monoisotopic (exact) mass is 555 g/mol. The Morgan fingerprint density at radius 1 is 0.513 bits per heavy atom. The van der Waals surface area contributed by atoms with Crippen LogP contribution in [-0.2, 0) is 14.3 Å². The van der Waals surface area contributed by atoms with Gasteiger partial charge in [-0.1, -0.05) is 174 Å². The van der Waals surface area contributed by atoms with E-state index in [2.05, 4.69) is 13.8 Å². The lowest BCUT2D eigenvalue weighted by Crippen LogP contribution is -2.27. The van der Waals surface area contributed by atoms with Crippen LogP contribution in [0.5, 0.6) is 0 Å². The summed E-state index contributed by atoms with van der Waals surface area (Å²) < 4.78 is 11.1. The number of aliphatic hydroxyl groups excluding tert-OH is 1. The number of aliphatic hydroxyl groups is 1. The summed E-state index contributed by atoms with van der Waals surface area (Å²) in [6.07, 6.45) is 35.6. The van der Waals surface area contributed by atoms with Gasteiger partial charge in [-0.25, -0.2) is 0 Å². The van der Waals surface area contributed by atoms with Gasteiger partial charge < -0.3 is 14.6 Å². The van der Waals surface area contributed by atoms with E-state index in [4.69, 9.17) is 9.47 Å². The van der Waals surface area contributed by atoms with Gasteiger partial charge in [-0.2, -0.15) is 0 Å². The number of carbonyl (C=O) groups is 1. The van der Waals surface area contributed by atoms with Crippen molar-refractivity contribution in [2.75, 3.05) is 19.8 Å². The lowest BCUT2D eigenvalue weighted by atomic mass is 10.0. The van der Waals surface area contributed by atoms with Crippen molar-refractivity contribution in [1.82, 2.24) is 0 Å². The van der Waals surface area contributed by atoms with E-state index in [0.29, 0.717) is 19.6 Å². The molecule has 0 bridgehead atoms. The topological polar surface area (TPSA) is 55.8 Å². The van der Waals surface area contributed by atoms with Crippen molar-refractivity contribution in [3.8, 4) is 0 Å². The summed E-state index contributed by atoms with van der Waals surface area (Å²) in [4.78, 5) is 12.1. The van der Waals surface area contributed by atoms with Crippen LogP contribution in [0.3, 0.4) is 0 Å². The second kappa shape index (κ2) is 33.6. The van der Waals surface area contributed by atoms with Crippen LogP contribution < -0.4 is 0 Å². The van der Waals surface area contributed by atoms with Crippen LogP contribution in [0.25, 0.3) is 0 Å². The van der Waals surface area contributed by atoms with Gasteiger partial charge in [-0.3, -0.25) is 4.79 Å². The number of rotatable bonds is 33. The van der Waals surface area contributed by atoms with Gasteiger partial charge >= 0.3 is 5.97 Å². The summed E-state index contributed by atoms with van der Waals surface area (Å²) in [5, 5.41) is 9.53. The fourth-order valence-corrected chi connectivity index (χ4v) is 5.27. The first-order valence-corrected chi connectivity index (χ1v) is 17.6. The fourth-order valence-electron chi connectivity index (χ4n) is 5.27. The first-order chi connectivity index (χ1) is 19.2. The molecule has 0 aliphatic carbocycles. The molecule has 0 aliphatic rings. The Bertz CT molecular complexity index is 468. The van der Waals surface area contributed by atoms with E-state index in [0.717, 1.165) is 19.3 Å². The van der Waals surface area contributed by atoms with Crippen molar-refractivity contribution in [2.24, 2.45) is 0 Å². The number of hydrogen-bond donors (Lipinski definition) is 1. The number of unbranched alkanes of at least 4 members (excludes halogenated alkanes) is 25. The fraction of sp³-hybridized carbons (Fsp3) is 0.971. The summed E-state index contributed by atoms with van der Waals surface area (Å²) in [7, 11) is 0. The second-order valence-corrected chi connectivity index (χ2v) is 12.0. The molecule has 0 fully saturated rings. The highest BCUT2D eigenvalue weighted by atomic mass is 16.6. The molecule has 0 aromatic rings. The average molecular weight is 555 g/mol. The van der Waals surface area contributed by atoms with Crippen LogP contribution in [-0.4, -0.2) is 37.0 Å². The number of ether oxygens (including phenoxy) is 2. The smallest absolute Gasteiger partial charge is 0.306 e. The third kappa shape index (κ3) is 31.8. The van der Waals surface area contributed by atoms with E-state index in [1.165, 1.54) is 154 Å². The maximum absolute atomic E-state index is 12.1. The number of carbonyl (C=O) groups excluding carboxylic acids is 1. The molecule has 0 amide bonds. The van der Waals surface area contributed by atoms with E-state index in [1.807, 2.05) is 0 Å². The van der Waals surface area contributed by atoms with Crippen molar-refractivity contribution in [1.29, 1.82) is 0 Å². The highest BCUT2D eigenvalue weighted by Crippen LogP contribution is 2.14. The molecular formula is C35H70O4. The van der Waals surface area contributed by atoms with Crippen LogP contribution in [0, 0.1) is 0 Å². The molecule has 4 heteroatoms. The first kappa shape index (κ1) is 38.4. The lowest BCUT2D eigenvalue weighted by Gasteiger charge is -2.16. The van der Waals surface area contributed by atoms with Crippen molar-refractivity contribution < 1.29 is 19.4 Å². The molecule has 0 spiro atoms. The highest BCUT2D eigenvalue weighted by molar-refractivity contribution is 5.69. The zero-order chi connectivity index (χ0) is 28.5. The minimum Gasteiger partial charge on any atom is -0.457 e. The number of hydrogen-bond acceptors (Lipinski definition) is 4. The lowest BCUT2D eigenvalue weighted by molar-refractivity contribution is -0.154. The molecule has 234 valence electrons. The molecular weight excluding hydrogens is 484 g/mol. The normalized spacial score (nSPS) is 12.2.